The van der Waals surface area contributed by atoms with Gasteiger partial charge in [-0.1, -0.05) is 24.3 Å². The van der Waals surface area contributed by atoms with Crippen molar-refractivity contribution in [3.8, 4) is 5.75 Å². The molecule has 2 aliphatic carbocycles. The molecule has 28 heavy (non-hydrogen) atoms. The number of hydrogen-bond donors (Lipinski definition) is 2. The summed E-state index contributed by atoms with van der Waals surface area (Å²) in [7, 11) is 1.59. The van der Waals surface area contributed by atoms with E-state index in [1.165, 1.54) is 17.3 Å². The van der Waals surface area contributed by atoms with Gasteiger partial charge in [0.05, 0.1) is 13.3 Å². The highest BCUT2D eigenvalue weighted by Gasteiger charge is 2.54. The van der Waals surface area contributed by atoms with Gasteiger partial charge in [-0.3, -0.25) is 0 Å². The third-order valence-electron chi connectivity index (χ3n) is 5.94. The molecule has 4 amide bonds. The first-order valence-corrected chi connectivity index (χ1v) is 9.33. The largest absolute Gasteiger partial charge is 0.497 e. The number of hydrogen-bond acceptors (Lipinski definition) is 4. The van der Waals surface area contributed by atoms with E-state index in [0.29, 0.717) is 0 Å². The molecule has 2 aromatic carbocycles. The Kier molecular flexibility index (Phi) is 3.82. The smallest absolute Gasteiger partial charge is 0.346 e. The molecule has 1 heterocycles. The van der Waals surface area contributed by atoms with Crippen molar-refractivity contribution in [3.05, 3.63) is 65.2 Å². The summed E-state index contributed by atoms with van der Waals surface area (Å²) in [5, 5.41) is 11.1. The molecule has 7 heteroatoms. The molecule has 2 fully saturated rings. The number of benzene rings is 2. The Morgan fingerprint density at radius 2 is 1.75 bits per heavy atom. The van der Waals surface area contributed by atoms with E-state index in [1.807, 2.05) is 24.3 Å². The van der Waals surface area contributed by atoms with E-state index in [-0.39, 0.29) is 23.9 Å². The van der Waals surface area contributed by atoms with E-state index < -0.39 is 12.1 Å². The quantitative estimate of drug-likeness (QED) is 0.808. The molecule has 0 aromatic heterocycles. The molecule has 3 aliphatic rings. The molecule has 0 radical (unpaired) electrons. The predicted octanol–water partition coefficient (Wildman–Crippen LogP) is 2.79. The van der Waals surface area contributed by atoms with E-state index in [0.717, 1.165) is 22.7 Å². The number of nitrogens with one attached hydrogen (secondary N) is 2. The lowest BCUT2D eigenvalue weighted by Crippen LogP contribution is -2.55. The van der Waals surface area contributed by atoms with Gasteiger partial charge in [-0.15, -0.1) is 5.01 Å². The molecule has 0 unspecified atom stereocenters. The van der Waals surface area contributed by atoms with Crippen LogP contribution in [0.15, 0.2) is 53.6 Å². The standard InChI is InChI=1S/C21H20N4O3/c1-28-13-8-6-12(7-9-13)11-22-25-20(26)23-17-10-16-14-4-2-3-5-15(14)18(17)19(16)24-21(25)27/h2-9,11,16-19H,10H2,1H3,(H,23,26)(H,24,27)/b22-11-/t16-,17-,18+,19-/m1/s1. The Balaban J connectivity index is 1.39. The zero-order chi connectivity index (χ0) is 19.3. The minimum absolute atomic E-state index is 0.00307. The highest BCUT2D eigenvalue weighted by atomic mass is 16.5. The Bertz CT molecular complexity index is 972. The molecule has 0 spiro atoms. The molecule has 2 N–H and O–H groups in total. The van der Waals surface area contributed by atoms with E-state index in [4.69, 9.17) is 4.74 Å². The molecule has 1 saturated heterocycles. The number of methoxy groups -OCH3 is 1. The molecular weight excluding hydrogens is 356 g/mol. The summed E-state index contributed by atoms with van der Waals surface area (Å²) in [6, 6.07) is 14.4. The van der Waals surface area contributed by atoms with Crippen LogP contribution in [0.4, 0.5) is 9.59 Å². The van der Waals surface area contributed by atoms with Crippen molar-refractivity contribution in [1.29, 1.82) is 0 Å². The van der Waals surface area contributed by atoms with Crippen LogP contribution in [-0.2, 0) is 0 Å². The van der Waals surface area contributed by atoms with Gasteiger partial charge in [-0.25, -0.2) is 9.59 Å². The maximum Gasteiger partial charge on any atom is 0.346 e. The van der Waals surface area contributed by atoms with Crippen molar-refractivity contribution in [2.45, 2.75) is 30.3 Å². The molecule has 7 nitrogen and oxygen atoms in total. The van der Waals surface area contributed by atoms with Gasteiger partial charge in [0.15, 0.2) is 0 Å². The van der Waals surface area contributed by atoms with Crippen LogP contribution in [0.1, 0.15) is 34.9 Å². The third kappa shape index (κ3) is 2.54. The highest BCUT2D eigenvalue weighted by molar-refractivity contribution is 5.96. The van der Waals surface area contributed by atoms with Gasteiger partial charge in [0.25, 0.3) is 0 Å². The fourth-order valence-corrected chi connectivity index (χ4v) is 4.72. The van der Waals surface area contributed by atoms with Gasteiger partial charge in [0.1, 0.15) is 5.75 Å². The summed E-state index contributed by atoms with van der Waals surface area (Å²) >= 11 is 0. The zero-order valence-electron chi connectivity index (χ0n) is 15.3. The molecule has 1 saturated carbocycles. The number of amides is 4. The van der Waals surface area contributed by atoms with Crippen LogP contribution in [0.2, 0.25) is 0 Å². The SMILES string of the molecule is COc1ccc(/C=N\N2C(=O)N[C@H]3[C@H]4c5ccccc5[C@H]3C[C@H]4NC2=O)cc1. The van der Waals surface area contributed by atoms with Crippen molar-refractivity contribution in [2.75, 3.05) is 7.11 Å². The Morgan fingerprint density at radius 3 is 2.50 bits per heavy atom. The van der Waals surface area contributed by atoms with Crippen LogP contribution >= 0.6 is 0 Å². The van der Waals surface area contributed by atoms with Crippen molar-refractivity contribution >= 4 is 18.3 Å². The molecule has 4 atom stereocenters. The molecule has 4 bridgehead atoms. The summed E-state index contributed by atoms with van der Waals surface area (Å²) < 4.78 is 5.13. The topological polar surface area (TPSA) is 83.0 Å². The van der Waals surface area contributed by atoms with Gasteiger partial charge in [0.2, 0.25) is 0 Å². The second-order valence-electron chi connectivity index (χ2n) is 7.36. The summed E-state index contributed by atoms with van der Waals surface area (Å²) in [5.41, 5.74) is 3.27. The Hall–Kier alpha value is -3.35. The van der Waals surface area contributed by atoms with Crippen LogP contribution < -0.4 is 15.4 Å². The average Bonchev–Trinajstić information content (AvgIpc) is 3.20. The van der Waals surface area contributed by atoms with Gasteiger partial charge in [-0.2, -0.15) is 5.10 Å². The second kappa shape index (κ2) is 6.37. The lowest BCUT2D eigenvalue weighted by atomic mass is 9.88. The fourth-order valence-electron chi connectivity index (χ4n) is 4.72. The van der Waals surface area contributed by atoms with Crippen LogP contribution in [0.5, 0.6) is 5.75 Å². The van der Waals surface area contributed by atoms with Gasteiger partial charge >= 0.3 is 12.1 Å². The number of carbonyl (C=O) groups excluding carboxylic acids is 2. The van der Waals surface area contributed by atoms with E-state index in [2.05, 4.69) is 27.9 Å². The van der Waals surface area contributed by atoms with E-state index in [9.17, 15) is 9.59 Å². The summed E-state index contributed by atoms with van der Waals surface area (Å²) in [4.78, 5) is 25.5. The normalized spacial score (nSPS) is 27.8. The number of carbonyl (C=O) groups is 2. The number of nitrogens with zero attached hydrogens (tertiary/aromatic N) is 2. The maximum atomic E-state index is 12.8. The van der Waals surface area contributed by atoms with Crippen LogP contribution in [-0.4, -0.2) is 42.5 Å². The monoisotopic (exact) mass is 376 g/mol. The van der Waals surface area contributed by atoms with Crippen LogP contribution in [0, 0.1) is 0 Å². The van der Waals surface area contributed by atoms with Crippen LogP contribution in [0.3, 0.4) is 0 Å². The molecule has 5 rings (SSSR count). The first kappa shape index (κ1) is 16.8. The van der Waals surface area contributed by atoms with E-state index in [1.54, 1.807) is 19.2 Å². The van der Waals surface area contributed by atoms with E-state index >= 15 is 0 Å². The third-order valence-corrected chi connectivity index (χ3v) is 5.94. The first-order chi connectivity index (χ1) is 13.7. The Morgan fingerprint density at radius 1 is 1.04 bits per heavy atom. The van der Waals surface area contributed by atoms with Crippen molar-refractivity contribution in [2.24, 2.45) is 5.10 Å². The number of fused-ring (bicyclic) bond motifs is 2. The number of imide groups is 1. The average molecular weight is 376 g/mol. The number of urea groups is 2. The lowest BCUT2D eigenvalue weighted by molar-refractivity contribution is 0.177. The number of hydrazone groups is 1. The lowest BCUT2D eigenvalue weighted by Gasteiger charge is -2.30. The summed E-state index contributed by atoms with van der Waals surface area (Å²) in [6.45, 7) is 0. The van der Waals surface area contributed by atoms with Crippen molar-refractivity contribution in [3.63, 3.8) is 0 Å². The fraction of sp³-hybridized carbons (Fsp3) is 0.286. The molecular formula is C21H20N4O3. The first-order valence-electron chi connectivity index (χ1n) is 9.33. The van der Waals surface area contributed by atoms with Crippen LogP contribution in [0.25, 0.3) is 0 Å². The van der Waals surface area contributed by atoms with Gasteiger partial charge in [0, 0.05) is 23.9 Å². The maximum absolute atomic E-state index is 12.8. The minimum atomic E-state index is -0.504. The predicted molar refractivity (Wildman–Crippen MR) is 104 cm³/mol. The summed E-state index contributed by atoms with van der Waals surface area (Å²) in [5.74, 6) is 1.06. The zero-order valence-corrected chi connectivity index (χ0v) is 15.3. The summed E-state index contributed by atoms with van der Waals surface area (Å²) in [6.07, 6.45) is 2.32. The molecule has 2 aromatic rings. The molecule has 1 aliphatic heterocycles. The van der Waals surface area contributed by atoms with Crippen molar-refractivity contribution < 1.29 is 14.3 Å². The van der Waals surface area contributed by atoms with Gasteiger partial charge in [-0.05, 0) is 47.4 Å². The molecule has 142 valence electrons. The van der Waals surface area contributed by atoms with Crippen molar-refractivity contribution in [1.82, 2.24) is 15.6 Å². The number of ether oxygens (including phenoxy) is 1. The minimum Gasteiger partial charge on any atom is -0.497 e. The van der Waals surface area contributed by atoms with Gasteiger partial charge < -0.3 is 15.4 Å². The second-order valence-corrected chi connectivity index (χ2v) is 7.36. The Labute approximate surface area is 162 Å². The highest BCUT2D eigenvalue weighted by Crippen LogP contribution is 2.53. The number of rotatable bonds is 3.